The normalized spacial score (nSPS) is 13.7. The van der Waals surface area contributed by atoms with Crippen LogP contribution in [0.15, 0.2) is 67.1 Å². The van der Waals surface area contributed by atoms with Gasteiger partial charge in [0.25, 0.3) is 5.91 Å². The van der Waals surface area contributed by atoms with Crippen molar-refractivity contribution in [3.05, 3.63) is 83.4 Å². The zero-order chi connectivity index (χ0) is 27.2. The number of piperidine rings is 1. The van der Waals surface area contributed by atoms with Crippen LogP contribution in [0, 0.1) is 6.92 Å². The van der Waals surface area contributed by atoms with Gasteiger partial charge in [-0.1, -0.05) is 36.2 Å². The fourth-order valence-corrected chi connectivity index (χ4v) is 4.76. The third kappa shape index (κ3) is 6.65. The Morgan fingerprint density at radius 2 is 1.72 bits per heavy atom. The summed E-state index contributed by atoms with van der Waals surface area (Å²) in [5.41, 5.74) is 3.77. The van der Waals surface area contributed by atoms with Crippen molar-refractivity contribution in [1.29, 1.82) is 0 Å². The van der Waals surface area contributed by atoms with Gasteiger partial charge in [-0.05, 0) is 63.2 Å². The summed E-state index contributed by atoms with van der Waals surface area (Å²) in [5.74, 6) is -0.236. The molecule has 2 aromatic carbocycles. The molecule has 202 valence electrons. The number of likely N-dealkylation sites (tertiary alicyclic amines) is 1. The fraction of sp³-hybridized carbons (Fsp3) is 0.286. The smallest absolute Gasteiger partial charge is 0.319 e. The molecule has 0 radical (unpaired) electrons. The molecule has 3 N–H and O–H groups in total. The molecule has 0 saturated carbocycles. The van der Waals surface area contributed by atoms with Crippen LogP contribution in [-0.2, 0) is 6.54 Å². The van der Waals surface area contributed by atoms with E-state index in [2.05, 4.69) is 31.0 Å². The molecule has 10 nitrogen and oxygen atoms in total. The lowest BCUT2D eigenvalue weighted by Gasteiger charge is -2.26. The first-order chi connectivity index (χ1) is 19.0. The number of nitrogens with zero attached hydrogens (tertiary/aromatic N) is 5. The van der Waals surface area contributed by atoms with Gasteiger partial charge in [0.05, 0.1) is 58.6 Å². The molecule has 0 aliphatic carbocycles. The quantitative estimate of drug-likeness (QED) is 0.274. The van der Waals surface area contributed by atoms with Gasteiger partial charge in [-0.15, -0.1) is 0 Å². The number of nitrogens with one attached hydrogen (secondary N) is 3. The first-order valence-corrected chi connectivity index (χ1v) is 13.4. The fourth-order valence-electron chi connectivity index (χ4n) is 4.57. The molecule has 5 rings (SSSR count). The van der Waals surface area contributed by atoms with Crippen molar-refractivity contribution in [2.45, 2.75) is 32.7 Å². The number of hydrogen-bond acceptors (Lipinski definition) is 5. The highest BCUT2D eigenvalue weighted by Gasteiger charge is 2.15. The summed E-state index contributed by atoms with van der Waals surface area (Å²) in [6.45, 7) is 6.01. The molecule has 11 heteroatoms. The minimum atomic E-state index is -0.442. The average molecular weight is 547 g/mol. The summed E-state index contributed by atoms with van der Waals surface area (Å²) >= 11 is 6.10. The number of anilines is 3. The van der Waals surface area contributed by atoms with Crippen LogP contribution >= 0.6 is 11.6 Å². The number of carbonyl (C=O) groups excluding carboxylic acids is 2. The molecule has 3 amide bonds. The highest BCUT2D eigenvalue weighted by atomic mass is 35.5. The monoisotopic (exact) mass is 546 g/mol. The zero-order valence-electron chi connectivity index (χ0n) is 21.7. The van der Waals surface area contributed by atoms with Crippen molar-refractivity contribution >= 4 is 40.6 Å². The Labute approximate surface area is 231 Å². The van der Waals surface area contributed by atoms with Crippen LogP contribution in [0.4, 0.5) is 21.9 Å². The summed E-state index contributed by atoms with van der Waals surface area (Å²) < 4.78 is 3.53. The number of hydrogen-bond donors (Lipinski definition) is 3. The summed E-state index contributed by atoms with van der Waals surface area (Å²) in [6.07, 6.45) is 8.73. The number of amides is 3. The molecule has 0 unspecified atom stereocenters. The highest BCUT2D eigenvalue weighted by Crippen LogP contribution is 2.21. The summed E-state index contributed by atoms with van der Waals surface area (Å²) in [4.78, 5) is 27.9. The van der Waals surface area contributed by atoms with Crippen LogP contribution in [0.5, 0.6) is 0 Å². The van der Waals surface area contributed by atoms with Crippen LogP contribution in [0.25, 0.3) is 5.69 Å². The minimum absolute atomic E-state index is 0.236. The number of carbonyl (C=O) groups is 2. The van der Waals surface area contributed by atoms with E-state index in [0.29, 0.717) is 33.3 Å². The van der Waals surface area contributed by atoms with Crippen molar-refractivity contribution in [3.8, 4) is 5.69 Å². The van der Waals surface area contributed by atoms with E-state index in [-0.39, 0.29) is 5.91 Å². The van der Waals surface area contributed by atoms with Gasteiger partial charge in [-0.3, -0.25) is 9.48 Å². The minimum Gasteiger partial charge on any atom is -0.319 e. The maximum absolute atomic E-state index is 13.1. The van der Waals surface area contributed by atoms with E-state index in [9.17, 15) is 9.59 Å². The van der Waals surface area contributed by atoms with Gasteiger partial charge in [0, 0.05) is 12.1 Å². The van der Waals surface area contributed by atoms with Gasteiger partial charge in [0.15, 0.2) is 0 Å². The van der Waals surface area contributed by atoms with Crippen molar-refractivity contribution in [1.82, 2.24) is 24.5 Å². The molecular weight excluding hydrogens is 516 g/mol. The predicted octanol–water partition coefficient (Wildman–Crippen LogP) is 5.41. The molecule has 1 fully saturated rings. The third-order valence-corrected chi connectivity index (χ3v) is 7.09. The molecule has 1 aliphatic heterocycles. The molecule has 39 heavy (non-hydrogen) atoms. The molecule has 1 aliphatic rings. The van der Waals surface area contributed by atoms with Crippen molar-refractivity contribution in [2.24, 2.45) is 0 Å². The molecule has 0 atom stereocenters. The molecule has 3 heterocycles. The second kappa shape index (κ2) is 12.1. The number of aromatic nitrogens is 4. The maximum Gasteiger partial charge on any atom is 0.323 e. The van der Waals surface area contributed by atoms with E-state index in [1.165, 1.54) is 25.5 Å². The molecular formula is C28H31ClN8O2. The first kappa shape index (κ1) is 26.5. The molecule has 4 aromatic rings. The molecule has 2 aromatic heterocycles. The number of rotatable bonds is 8. The summed E-state index contributed by atoms with van der Waals surface area (Å²) in [5, 5.41) is 17.7. The molecule has 1 saturated heterocycles. The summed E-state index contributed by atoms with van der Waals surface area (Å²) in [7, 11) is 0. The highest BCUT2D eigenvalue weighted by molar-refractivity contribution is 6.33. The Morgan fingerprint density at radius 3 is 2.54 bits per heavy atom. The molecule has 0 bridgehead atoms. The Hall–Kier alpha value is -4.15. The Balaban J connectivity index is 1.20. The Morgan fingerprint density at radius 1 is 0.897 bits per heavy atom. The first-order valence-electron chi connectivity index (χ1n) is 13.0. The van der Waals surface area contributed by atoms with E-state index >= 15 is 0 Å². The SMILES string of the molecule is Cc1c(NC(=O)c2cccc(-n3cc(NC(=O)Nc4ccccc4Cl)cn3)c2)cnn1CCN1CCCCC1. The Bertz CT molecular complexity index is 1460. The number of urea groups is 1. The van der Waals surface area contributed by atoms with Gasteiger partial charge in [-0.2, -0.15) is 10.2 Å². The van der Waals surface area contributed by atoms with Crippen molar-refractivity contribution < 1.29 is 9.59 Å². The topological polar surface area (TPSA) is 109 Å². The van der Waals surface area contributed by atoms with Crippen molar-refractivity contribution in [3.63, 3.8) is 0 Å². The lowest BCUT2D eigenvalue weighted by Crippen LogP contribution is -2.32. The van der Waals surface area contributed by atoms with Crippen LogP contribution in [0.1, 0.15) is 35.3 Å². The molecule has 0 spiro atoms. The van der Waals surface area contributed by atoms with Gasteiger partial charge in [-0.25, -0.2) is 9.48 Å². The van der Waals surface area contributed by atoms with Crippen LogP contribution in [-0.4, -0.2) is 56.0 Å². The second-order valence-electron chi connectivity index (χ2n) is 9.51. The largest absolute Gasteiger partial charge is 0.323 e. The second-order valence-corrected chi connectivity index (χ2v) is 9.91. The Kier molecular flexibility index (Phi) is 8.24. The average Bonchev–Trinajstić information content (AvgIpc) is 3.56. The van der Waals surface area contributed by atoms with Crippen molar-refractivity contribution in [2.75, 3.05) is 35.6 Å². The van der Waals surface area contributed by atoms with E-state index in [0.717, 1.165) is 31.9 Å². The summed E-state index contributed by atoms with van der Waals surface area (Å²) in [6, 6.07) is 13.6. The van der Waals surface area contributed by atoms with E-state index in [1.807, 2.05) is 17.7 Å². The van der Waals surface area contributed by atoms with E-state index < -0.39 is 6.03 Å². The standard InChI is InChI=1S/C28H31ClN8O2/c1-20-26(18-31-36(20)15-14-35-12-5-2-6-13-35)33-27(38)21-8-7-9-23(16-21)37-19-22(17-30-37)32-28(39)34-25-11-4-3-10-24(25)29/h3-4,7-11,16-19H,2,5-6,12-15H2,1H3,(H,33,38)(H2,32,34,39). The van der Waals surface area contributed by atoms with Crippen LogP contribution < -0.4 is 16.0 Å². The zero-order valence-corrected chi connectivity index (χ0v) is 22.5. The van der Waals surface area contributed by atoms with E-state index in [4.69, 9.17) is 11.6 Å². The van der Waals surface area contributed by atoms with E-state index in [1.54, 1.807) is 59.5 Å². The third-order valence-electron chi connectivity index (χ3n) is 6.76. The lowest BCUT2D eigenvalue weighted by atomic mass is 10.1. The van der Waals surface area contributed by atoms with Gasteiger partial charge < -0.3 is 20.9 Å². The number of benzene rings is 2. The van der Waals surface area contributed by atoms with Gasteiger partial charge >= 0.3 is 6.03 Å². The van der Waals surface area contributed by atoms with Crippen LogP contribution in [0.2, 0.25) is 5.02 Å². The van der Waals surface area contributed by atoms with Crippen LogP contribution in [0.3, 0.4) is 0 Å². The lowest BCUT2D eigenvalue weighted by molar-refractivity contribution is 0.102. The predicted molar refractivity (Wildman–Crippen MR) is 153 cm³/mol. The van der Waals surface area contributed by atoms with Gasteiger partial charge in [0.2, 0.25) is 0 Å². The number of para-hydroxylation sites is 1. The number of halogens is 1. The maximum atomic E-state index is 13.1. The van der Waals surface area contributed by atoms with Gasteiger partial charge in [0.1, 0.15) is 0 Å².